The van der Waals surface area contributed by atoms with Crippen LogP contribution in [-0.2, 0) is 19.1 Å². The largest absolute Gasteiger partial charge is 0.458 e. The van der Waals surface area contributed by atoms with Gasteiger partial charge in [0, 0.05) is 30.6 Å². The van der Waals surface area contributed by atoms with E-state index in [2.05, 4.69) is 13.8 Å². The van der Waals surface area contributed by atoms with E-state index in [1.54, 1.807) is 31.2 Å². The molecule has 0 amide bonds. The van der Waals surface area contributed by atoms with Crippen molar-refractivity contribution < 1.29 is 28.7 Å². The summed E-state index contributed by atoms with van der Waals surface area (Å²) >= 11 is 0. The number of hydrogen-bond donors (Lipinski definition) is 0. The predicted octanol–water partition coefficient (Wildman–Crippen LogP) is 6.47. The van der Waals surface area contributed by atoms with Crippen LogP contribution in [0.2, 0.25) is 0 Å². The van der Waals surface area contributed by atoms with E-state index in [-0.39, 0.29) is 63.9 Å². The van der Waals surface area contributed by atoms with E-state index in [9.17, 15) is 19.2 Å². The standard InChI is InChI=1S/C35H40O6/c1-21(36)26-14-15-27-30-28(40-32(38)22-10-6-4-7-11-22)19-24-18-25(37)16-17-34(24,2)31(30)29(20-35(26,27)3)41-33(39)23-12-8-5-9-13-23/h4-13,24,26-31H,14-20H2,1-3H3/t24?,26-,27+,28?,29?,30-,31+,34+,35-/m1/s1. The highest BCUT2D eigenvalue weighted by atomic mass is 16.6. The first-order chi connectivity index (χ1) is 19.6. The van der Waals surface area contributed by atoms with Crippen molar-refractivity contribution in [1.29, 1.82) is 0 Å². The average molecular weight is 557 g/mol. The molecule has 2 aromatic rings. The number of ketones is 2. The SMILES string of the molecule is CC(=O)[C@H]1CC[C@H]2[C@@H]3C(OC(=O)c4ccccc4)CC4CC(=O)CC[C@]4(C)[C@H]3C(OC(=O)c3ccccc3)C[C@]12C. The van der Waals surface area contributed by atoms with Crippen molar-refractivity contribution in [2.75, 3.05) is 0 Å². The van der Waals surface area contributed by atoms with Gasteiger partial charge in [-0.05, 0) is 86.0 Å². The number of rotatable bonds is 5. The number of carbonyl (C=O) groups is 4. The van der Waals surface area contributed by atoms with Crippen molar-refractivity contribution >= 4 is 23.5 Å². The Morgan fingerprint density at radius 1 is 0.805 bits per heavy atom. The first-order valence-corrected chi connectivity index (χ1v) is 15.2. The van der Waals surface area contributed by atoms with E-state index in [4.69, 9.17) is 9.47 Å². The smallest absolute Gasteiger partial charge is 0.338 e. The van der Waals surface area contributed by atoms with Gasteiger partial charge in [0.15, 0.2) is 0 Å². The Kier molecular flexibility index (Phi) is 7.15. The molecule has 0 saturated heterocycles. The molecule has 6 heteroatoms. The van der Waals surface area contributed by atoms with Crippen molar-refractivity contribution in [1.82, 2.24) is 0 Å². The normalized spacial score (nSPS) is 37.7. The molecule has 41 heavy (non-hydrogen) atoms. The number of ether oxygens (including phenoxy) is 2. The molecule has 4 saturated carbocycles. The molecule has 0 bridgehead atoms. The van der Waals surface area contributed by atoms with E-state index in [1.807, 2.05) is 36.4 Å². The van der Waals surface area contributed by atoms with Crippen molar-refractivity contribution in [3.8, 4) is 0 Å². The molecule has 3 unspecified atom stereocenters. The number of benzene rings is 2. The maximum atomic E-state index is 13.5. The van der Waals surface area contributed by atoms with Crippen LogP contribution >= 0.6 is 0 Å². The lowest BCUT2D eigenvalue weighted by Crippen LogP contribution is -2.64. The Morgan fingerprint density at radius 2 is 1.39 bits per heavy atom. The molecule has 4 fully saturated rings. The lowest BCUT2D eigenvalue weighted by atomic mass is 9.43. The lowest BCUT2D eigenvalue weighted by Gasteiger charge is -2.63. The van der Waals surface area contributed by atoms with Crippen molar-refractivity contribution in [3.05, 3.63) is 71.8 Å². The van der Waals surface area contributed by atoms with Crippen LogP contribution in [0.4, 0.5) is 0 Å². The van der Waals surface area contributed by atoms with Gasteiger partial charge in [-0.15, -0.1) is 0 Å². The fourth-order valence-electron chi connectivity index (χ4n) is 9.52. The molecule has 9 atom stereocenters. The van der Waals surface area contributed by atoms with Gasteiger partial charge in [-0.25, -0.2) is 9.59 Å². The summed E-state index contributed by atoms with van der Waals surface area (Å²) in [5.41, 5.74) is 0.371. The fraction of sp³-hybridized carbons (Fsp3) is 0.543. The average Bonchev–Trinajstić information content (AvgIpc) is 3.31. The van der Waals surface area contributed by atoms with Crippen LogP contribution in [-0.4, -0.2) is 35.7 Å². The summed E-state index contributed by atoms with van der Waals surface area (Å²) in [5.74, 6) is -0.431. The quantitative estimate of drug-likeness (QED) is 0.392. The van der Waals surface area contributed by atoms with Gasteiger partial charge in [0.05, 0.1) is 11.1 Å². The first kappa shape index (κ1) is 27.9. The zero-order valence-corrected chi connectivity index (χ0v) is 24.2. The van der Waals surface area contributed by atoms with Gasteiger partial charge < -0.3 is 9.47 Å². The third-order valence-corrected chi connectivity index (χ3v) is 11.4. The first-order valence-electron chi connectivity index (χ1n) is 15.2. The van der Waals surface area contributed by atoms with Crippen LogP contribution in [0.3, 0.4) is 0 Å². The monoisotopic (exact) mass is 556 g/mol. The second kappa shape index (κ2) is 10.5. The molecule has 0 aliphatic heterocycles. The summed E-state index contributed by atoms with van der Waals surface area (Å²) in [4.78, 5) is 52.7. The zero-order valence-electron chi connectivity index (χ0n) is 24.2. The maximum absolute atomic E-state index is 13.5. The van der Waals surface area contributed by atoms with Gasteiger partial charge in [0.2, 0.25) is 0 Å². The lowest BCUT2D eigenvalue weighted by molar-refractivity contribution is -0.205. The molecule has 0 radical (unpaired) electrons. The van der Waals surface area contributed by atoms with E-state index < -0.39 is 12.2 Å². The highest BCUT2D eigenvalue weighted by molar-refractivity contribution is 5.90. The second-order valence-electron chi connectivity index (χ2n) is 13.5. The van der Waals surface area contributed by atoms with Gasteiger partial charge in [0.25, 0.3) is 0 Å². The maximum Gasteiger partial charge on any atom is 0.338 e. The molecule has 4 aliphatic carbocycles. The van der Waals surface area contributed by atoms with Crippen molar-refractivity contribution in [2.45, 2.75) is 77.9 Å². The summed E-state index contributed by atoms with van der Waals surface area (Å²) in [6.45, 7) is 6.12. The van der Waals surface area contributed by atoms with Crippen LogP contribution in [0.15, 0.2) is 60.7 Å². The van der Waals surface area contributed by atoms with E-state index in [0.717, 1.165) is 19.3 Å². The Balaban J connectivity index is 1.43. The number of Topliss-reactive ketones (excluding diaryl/α,β-unsaturated/α-hetero) is 2. The Labute approximate surface area is 242 Å². The molecule has 0 N–H and O–H groups in total. The number of fused-ring (bicyclic) bond motifs is 5. The topological polar surface area (TPSA) is 86.7 Å². The van der Waals surface area contributed by atoms with Gasteiger partial charge in [0.1, 0.15) is 23.8 Å². The minimum atomic E-state index is -0.451. The minimum absolute atomic E-state index is 0.0332. The molecule has 6 rings (SSSR count). The van der Waals surface area contributed by atoms with Crippen LogP contribution in [0.5, 0.6) is 0 Å². The Morgan fingerprint density at radius 3 is 1.98 bits per heavy atom. The molecule has 0 aromatic heterocycles. The summed E-state index contributed by atoms with van der Waals surface area (Å²) in [7, 11) is 0. The van der Waals surface area contributed by atoms with Crippen LogP contribution in [0, 0.1) is 40.4 Å². The fourth-order valence-corrected chi connectivity index (χ4v) is 9.52. The summed E-state index contributed by atoms with van der Waals surface area (Å²) < 4.78 is 12.8. The molecule has 4 aliphatic rings. The van der Waals surface area contributed by atoms with Crippen LogP contribution < -0.4 is 0 Å². The zero-order chi connectivity index (χ0) is 28.9. The molecule has 0 heterocycles. The summed E-state index contributed by atoms with van der Waals surface area (Å²) in [6, 6.07) is 18.1. The second-order valence-corrected chi connectivity index (χ2v) is 13.5. The van der Waals surface area contributed by atoms with Crippen molar-refractivity contribution in [2.24, 2.45) is 40.4 Å². The van der Waals surface area contributed by atoms with Gasteiger partial charge in [-0.1, -0.05) is 50.2 Å². The Hall–Kier alpha value is -3.28. The Bertz CT molecular complexity index is 1340. The third kappa shape index (κ3) is 4.73. The highest BCUT2D eigenvalue weighted by Crippen LogP contribution is 2.68. The molecule has 0 spiro atoms. The van der Waals surface area contributed by atoms with E-state index in [0.29, 0.717) is 36.8 Å². The number of hydrogen-bond acceptors (Lipinski definition) is 6. The van der Waals surface area contributed by atoms with Crippen LogP contribution in [0.25, 0.3) is 0 Å². The summed E-state index contributed by atoms with van der Waals surface area (Å²) in [6.07, 6.45) is 3.69. The molecular formula is C35H40O6. The van der Waals surface area contributed by atoms with E-state index in [1.165, 1.54) is 0 Å². The van der Waals surface area contributed by atoms with Gasteiger partial charge in [-0.3, -0.25) is 9.59 Å². The van der Waals surface area contributed by atoms with E-state index >= 15 is 0 Å². The third-order valence-electron chi connectivity index (χ3n) is 11.4. The summed E-state index contributed by atoms with van der Waals surface area (Å²) in [5, 5.41) is 0. The number of esters is 2. The van der Waals surface area contributed by atoms with Gasteiger partial charge in [-0.2, -0.15) is 0 Å². The van der Waals surface area contributed by atoms with Crippen molar-refractivity contribution in [3.63, 3.8) is 0 Å². The van der Waals surface area contributed by atoms with Crippen LogP contribution in [0.1, 0.15) is 86.4 Å². The highest BCUT2D eigenvalue weighted by Gasteiger charge is 2.67. The molecule has 2 aromatic carbocycles. The number of carbonyl (C=O) groups excluding carboxylic acids is 4. The van der Waals surface area contributed by atoms with Gasteiger partial charge >= 0.3 is 11.9 Å². The predicted molar refractivity (Wildman–Crippen MR) is 153 cm³/mol. The molecular weight excluding hydrogens is 516 g/mol. The molecule has 216 valence electrons. The molecule has 6 nitrogen and oxygen atoms in total. The minimum Gasteiger partial charge on any atom is -0.458 e.